The minimum Gasteiger partial charge on any atom is -0.342 e. The zero-order chi connectivity index (χ0) is 21.5. The van der Waals surface area contributed by atoms with Gasteiger partial charge >= 0.3 is 0 Å². The van der Waals surface area contributed by atoms with Crippen molar-refractivity contribution in [2.45, 2.75) is 50.3 Å². The standard InChI is InChI=1S/C24H30N2O3S/c1-4-24(27)26-14-18-13-21(22(18)15-26)20-7-5-6-8-23(20)25-30(28,29)19-11-9-17(10-12-19)16(2)3/h5-12,16,18,21-22,25H,4,13-15H2,1-3H3. The van der Waals surface area contributed by atoms with Gasteiger partial charge in [-0.2, -0.15) is 0 Å². The van der Waals surface area contributed by atoms with Crippen molar-refractivity contribution in [3.05, 3.63) is 59.7 Å². The monoisotopic (exact) mass is 426 g/mol. The van der Waals surface area contributed by atoms with Gasteiger partial charge in [0, 0.05) is 19.5 Å². The third kappa shape index (κ3) is 3.85. The predicted molar refractivity (Wildman–Crippen MR) is 119 cm³/mol. The molecule has 2 fully saturated rings. The zero-order valence-electron chi connectivity index (χ0n) is 17.8. The van der Waals surface area contributed by atoms with Gasteiger partial charge in [-0.25, -0.2) is 8.42 Å². The molecule has 2 aromatic rings. The van der Waals surface area contributed by atoms with Crippen LogP contribution in [-0.2, 0) is 14.8 Å². The summed E-state index contributed by atoms with van der Waals surface area (Å²) >= 11 is 0. The Balaban J connectivity index is 1.54. The number of para-hydroxylation sites is 1. The molecule has 1 N–H and O–H groups in total. The maximum Gasteiger partial charge on any atom is 0.261 e. The normalized spacial score (nSPS) is 23.2. The number of nitrogens with zero attached hydrogens (tertiary/aromatic N) is 1. The summed E-state index contributed by atoms with van der Waals surface area (Å²) in [5.74, 6) is 1.79. The van der Waals surface area contributed by atoms with Crippen LogP contribution in [0.2, 0.25) is 0 Å². The molecule has 0 spiro atoms. The number of hydrogen-bond acceptors (Lipinski definition) is 3. The van der Waals surface area contributed by atoms with Gasteiger partial charge in [0.2, 0.25) is 5.91 Å². The molecule has 0 radical (unpaired) electrons. The second-order valence-corrected chi connectivity index (χ2v) is 10.5. The van der Waals surface area contributed by atoms with Crippen LogP contribution < -0.4 is 4.72 Å². The number of fused-ring (bicyclic) bond motifs is 1. The topological polar surface area (TPSA) is 66.5 Å². The van der Waals surface area contributed by atoms with E-state index >= 15 is 0 Å². The van der Waals surface area contributed by atoms with Gasteiger partial charge in [0.25, 0.3) is 10.0 Å². The first kappa shape index (κ1) is 20.9. The van der Waals surface area contributed by atoms with Crippen molar-refractivity contribution in [2.75, 3.05) is 17.8 Å². The van der Waals surface area contributed by atoms with Gasteiger partial charge in [0.05, 0.1) is 10.6 Å². The fraction of sp³-hybridized carbons (Fsp3) is 0.458. The van der Waals surface area contributed by atoms with Crippen LogP contribution in [0.3, 0.4) is 0 Å². The molecule has 1 saturated heterocycles. The number of likely N-dealkylation sites (tertiary alicyclic amines) is 1. The minimum absolute atomic E-state index is 0.210. The van der Waals surface area contributed by atoms with Crippen molar-refractivity contribution >= 4 is 21.6 Å². The Morgan fingerprint density at radius 1 is 1.10 bits per heavy atom. The van der Waals surface area contributed by atoms with E-state index in [9.17, 15) is 13.2 Å². The number of carbonyl (C=O) groups is 1. The van der Waals surface area contributed by atoms with Crippen LogP contribution in [0.25, 0.3) is 0 Å². The summed E-state index contributed by atoms with van der Waals surface area (Å²) in [7, 11) is -3.66. The van der Waals surface area contributed by atoms with Gasteiger partial charge in [0.15, 0.2) is 0 Å². The minimum atomic E-state index is -3.66. The van der Waals surface area contributed by atoms with Gasteiger partial charge < -0.3 is 4.90 Å². The van der Waals surface area contributed by atoms with Crippen LogP contribution >= 0.6 is 0 Å². The molecule has 0 aromatic heterocycles. The first-order valence-electron chi connectivity index (χ1n) is 10.8. The van der Waals surface area contributed by atoms with Crippen molar-refractivity contribution < 1.29 is 13.2 Å². The lowest BCUT2D eigenvalue weighted by molar-refractivity contribution is -0.129. The fourth-order valence-electron chi connectivity index (χ4n) is 4.84. The number of amides is 1. The molecule has 2 aliphatic rings. The number of sulfonamides is 1. The van der Waals surface area contributed by atoms with Crippen molar-refractivity contribution in [3.8, 4) is 0 Å². The molecule has 0 bridgehead atoms. The van der Waals surface area contributed by atoms with Crippen LogP contribution in [0.15, 0.2) is 53.4 Å². The lowest BCUT2D eigenvalue weighted by Crippen LogP contribution is -2.34. The molecule has 1 amide bonds. The lowest BCUT2D eigenvalue weighted by atomic mass is 9.64. The first-order valence-corrected chi connectivity index (χ1v) is 12.3. The van der Waals surface area contributed by atoms with Crippen LogP contribution in [0, 0.1) is 11.8 Å². The fourth-order valence-corrected chi connectivity index (χ4v) is 5.93. The second-order valence-electron chi connectivity index (χ2n) is 8.83. The Morgan fingerprint density at radius 3 is 2.47 bits per heavy atom. The molecule has 1 saturated carbocycles. The quantitative estimate of drug-likeness (QED) is 0.735. The molecular weight excluding hydrogens is 396 g/mol. The highest BCUT2D eigenvalue weighted by Gasteiger charge is 2.49. The van der Waals surface area contributed by atoms with Gasteiger partial charge in [-0.3, -0.25) is 9.52 Å². The number of nitrogens with one attached hydrogen (secondary N) is 1. The molecule has 3 unspecified atom stereocenters. The van der Waals surface area contributed by atoms with Crippen LogP contribution in [0.5, 0.6) is 0 Å². The van der Waals surface area contributed by atoms with E-state index in [1.807, 2.05) is 48.2 Å². The molecule has 3 atom stereocenters. The first-order chi connectivity index (χ1) is 14.3. The Labute approximate surface area is 179 Å². The third-order valence-electron chi connectivity index (χ3n) is 6.68. The van der Waals surface area contributed by atoms with E-state index < -0.39 is 10.0 Å². The van der Waals surface area contributed by atoms with E-state index in [1.165, 1.54) is 0 Å². The smallest absolute Gasteiger partial charge is 0.261 e. The highest BCUT2D eigenvalue weighted by Crippen LogP contribution is 2.53. The van der Waals surface area contributed by atoms with Crippen molar-refractivity contribution in [2.24, 2.45) is 11.8 Å². The summed E-state index contributed by atoms with van der Waals surface area (Å²) in [6.07, 6.45) is 1.54. The van der Waals surface area contributed by atoms with Gasteiger partial charge in [0.1, 0.15) is 0 Å². The summed E-state index contributed by atoms with van der Waals surface area (Å²) in [6, 6.07) is 14.8. The molecule has 2 aromatic carbocycles. The lowest BCUT2D eigenvalue weighted by Gasteiger charge is -2.40. The van der Waals surface area contributed by atoms with E-state index in [2.05, 4.69) is 18.6 Å². The number of carbonyl (C=O) groups excluding carboxylic acids is 1. The molecule has 160 valence electrons. The number of hydrogen-bond donors (Lipinski definition) is 1. The second kappa shape index (κ2) is 8.06. The molecule has 1 heterocycles. The van der Waals surface area contributed by atoms with Crippen LogP contribution in [0.1, 0.15) is 56.6 Å². The van der Waals surface area contributed by atoms with Crippen molar-refractivity contribution in [1.29, 1.82) is 0 Å². The van der Waals surface area contributed by atoms with Crippen LogP contribution in [0.4, 0.5) is 5.69 Å². The number of anilines is 1. The van der Waals surface area contributed by atoms with Crippen LogP contribution in [-0.4, -0.2) is 32.3 Å². The average molecular weight is 427 g/mol. The molecule has 1 aliphatic carbocycles. The Kier molecular flexibility index (Phi) is 5.62. The molecule has 4 rings (SSSR count). The summed E-state index contributed by atoms with van der Waals surface area (Å²) in [6.45, 7) is 7.69. The maximum absolute atomic E-state index is 13.0. The number of rotatable bonds is 6. The maximum atomic E-state index is 13.0. The SMILES string of the molecule is CCC(=O)N1CC2CC(c3ccccc3NS(=O)(=O)c3ccc(C(C)C)cc3)C2C1. The van der Waals surface area contributed by atoms with Crippen molar-refractivity contribution in [3.63, 3.8) is 0 Å². The Morgan fingerprint density at radius 2 is 1.80 bits per heavy atom. The highest BCUT2D eigenvalue weighted by atomic mass is 32.2. The molecular formula is C24H30N2O3S. The van der Waals surface area contributed by atoms with Gasteiger partial charge in [-0.05, 0) is 59.4 Å². The van der Waals surface area contributed by atoms with E-state index in [0.717, 1.165) is 30.6 Å². The molecule has 6 heteroatoms. The summed E-state index contributed by atoms with van der Waals surface area (Å²) in [5.41, 5.74) is 2.79. The largest absolute Gasteiger partial charge is 0.342 e. The van der Waals surface area contributed by atoms with E-state index in [4.69, 9.17) is 0 Å². The predicted octanol–water partition coefficient (Wildman–Crippen LogP) is 4.58. The third-order valence-corrected chi connectivity index (χ3v) is 8.06. The van der Waals surface area contributed by atoms with Gasteiger partial charge in [-0.1, -0.05) is 51.1 Å². The van der Waals surface area contributed by atoms with E-state index in [1.54, 1.807) is 12.1 Å². The van der Waals surface area contributed by atoms with E-state index in [0.29, 0.717) is 29.9 Å². The summed E-state index contributed by atoms with van der Waals surface area (Å²) in [4.78, 5) is 14.3. The molecule has 1 aliphatic heterocycles. The summed E-state index contributed by atoms with van der Waals surface area (Å²) < 4.78 is 28.8. The molecule has 5 nitrogen and oxygen atoms in total. The summed E-state index contributed by atoms with van der Waals surface area (Å²) in [5, 5.41) is 0. The number of benzene rings is 2. The molecule has 30 heavy (non-hydrogen) atoms. The average Bonchev–Trinajstić information content (AvgIpc) is 3.05. The Bertz CT molecular complexity index is 1030. The zero-order valence-corrected chi connectivity index (χ0v) is 18.7. The van der Waals surface area contributed by atoms with Crippen molar-refractivity contribution in [1.82, 2.24) is 4.90 Å². The van der Waals surface area contributed by atoms with E-state index in [-0.39, 0.29) is 16.7 Å². The van der Waals surface area contributed by atoms with Gasteiger partial charge in [-0.15, -0.1) is 0 Å². The Hall–Kier alpha value is -2.34. The highest BCUT2D eigenvalue weighted by molar-refractivity contribution is 7.92.